The van der Waals surface area contributed by atoms with Gasteiger partial charge in [-0.3, -0.25) is 0 Å². The van der Waals surface area contributed by atoms with E-state index >= 15 is 0 Å². The summed E-state index contributed by atoms with van der Waals surface area (Å²) in [7, 11) is 0. The van der Waals surface area contributed by atoms with Crippen molar-refractivity contribution in [1.29, 1.82) is 0 Å². The monoisotopic (exact) mass is 668 g/mol. The minimum Gasteiger partial charge on any atom is -0.134 e. The van der Waals surface area contributed by atoms with Crippen LogP contribution in [-0.2, 0) is 0 Å². The molecule has 0 saturated heterocycles. The van der Waals surface area contributed by atoms with E-state index in [2.05, 4.69) is 170 Å². The molecule has 0 fully saturated rings. The fourth-order valence-electron chi connectivity index (χ4n) is 8.22. The highest BCUT2D eigenvalue weighted by Crippen LogP contribution is 2.53. The summed E-state index contributed by atoms with van der Waals surface area (Å²) >= 11 is 3.89. The van der Waals surface area contributed by atoms with Crippen molar-refractivity contribution in [3.63, 3.8) is 0 Å². The van der Waals surface area contributed by atoms with Crippen molar-refractivity contribution < 1.29 is 0 Å². The molecule has 0 aliphatic heterocycles. The van der Waals surface area contributed by atoms with Gasteiger partial charge in [-0.25, -0.2) is 0 Å². The SMILES string of the molecule is c1ccc(-c2ccc(-c3c4ccccc4c(-c4cc5c6ccccc6sc5c5c4sc4c6ccccc6ccc45)c4ccccc34)cc2)cc1. The van der Waals surface area contributed by atoms with Gasteiger partial charge in [-0.1, -0.05) is 158 Å². The largest absolute Gasteiger partial charge is 0.134 e. The summed E-state index contributed by atoms with van der Waals surface area (Å²) in [6.45, 7) is 0. The fourth-order valence-corrected chi connectivity index (χ4v) is 10.9. The smallest absolute Gasteiger partial charge is 0.0449 e. The van der Waals surface area contributed by atoms with E-state index in [9.17, 15) is 0 Å². The summed E-state index contributed by atoms with van der Waals surface area (Å²) in [6.07, 6.45) is 0. The molecule has 11 rings (SSSR count). The molecule has 0 spiro atoms. The van der Waals surface area contributed by atoms with Gasteiger partial charge in [0.25, 0.3) is 0 Å². The summed E-state index contributed by atoms with van der Waals surface area (Å²) < 4.78 is 5.46. The third-order valence-electron chi connectivity index (χ3n) is 10.5. The molecule has 0 saturated carbocycles. The van der Waals surface area contributed by atoms with Gasteiger partial charge in [-0.2, -0.15) is 0 Å². The number of fused-ring (bicyclic) bond motifs is 11. The zero-order chi connectivity index (χ0) is 32.8. The molecule has 0 nitrogen and oxygen atoms in total. The maximum atomic E-state index is 2.51. The molecule has 9 aromatic carbocycles. The molecule has 0 unspecified atom stereocenters. The van der Waals surface area contributed by atoms with Gasteiger partial charge in [-0.05, 0) is 72.3 Å². The first-order valence-corrected chi connectivity index (χ1v) is 18.7. The second-order valence-electron chi connectivity index (χ2n) is 13.2. The van der Waals surface area contributed by atoms with Gasteiger partial charge < -0.3 is 0 Å². The number of rotatable bonds is 3. The van der Waals surface area contributed by atoms with E-state index in [1.165, 1.54) is 106 Å². The predicted molar refractivity (Wildman–Crippen MR) is 221 cm³/mol. The topological polar surface area (TPSA) is 0 Å². The molecular weight excluding hydrogens is 641 g/mol. The van der Waals surface area contributed by atoms with Crippen molar-refractivity contribution in [2.75, 3.05) is 0 Å². The average Bonchev–Trinajstić information content (AvgIpc) is 3.76. The van der Waals surface area contributed by atoms with Gasteiger partial charge in [0.15, 0.2) is 0 Å². The minimum atomic E-state index is 1.23. The van der Waals surface area contributed by atoms with Crippen LogP contribution in [0.5, 0.6) is 0 Å². The highest BCUT2D eigenvalue weighted by atomic mass is 32.1. The summed E-state index contributed by atoms with van der Waals surface area (Å²) in [6, 6.07) is 62.8. The Balaban J connectivity index is 1.28. The lowest BCUT2D eigenvalue weighted by atomic mass is 9.85. The third kappa shape index (κ3) is 4.04. The Bertz CT molecular complexity index is 3070. The predicted octanol–water partition coefficient (Wildman–Crippen LogP) is 14.9. The van der Waals surface area contributed by atoms with E-state index in [1.54, 1.807) is 0 Å². The van der Waals surface area contributed by atoms with E-state index in [4.69, 9.17) is 0 Å². The van der Waals surface area contributed by atoms with Crippen molar-refractivity contribution in [2.45, 2.75) is 0 Å². The van der Waals surface area contributed by atoms with E-state index in [0.717, 1.165) is 0 Å². The Labute approximate surface area is 297 Å². The second-order valence-corrected chi connectivity index (χ2v) is 15.2. The van der Waals surface area contributed by atoms with Crippen molar-refractivity contribution in [3.05, 3.63) is 170 Å². The summed E-state index contributed by atoms with van der Waals surface area (Å²) in [5.41, 5.74) is 7.64. The quantitative estimate of drug-likeness (QED) is 0.164. The summed E-state index contributed by atoms with van der Waals surface area (Å²) in [5.74, 6) is 0. The van der Waals surface area contributed by atoms with Crippen molar-refractivity contribution in [3.8, 4) is 33.4 Å². The Morgan fingerprint density at radius 3 is 1.58 bits per heavy atom. The van der Waals surface area contributed by atoms with Crippen LogP contribution in [0.25, 0.3) is 106 Å². The van der Waals surface area contributed by atoms with Gasteiger partial charge >= 0.3 is 0 Å². The molecule has 0 aliphatic carbocycles. The first-order chi connectivity index (χ1) is 24.8. The molecule has 2 heterocycles. The Hall–Kier alpha value is -5.80. The lowest BCUT2D eigenvalue weighted by Gasteiger charge is -2.18. The lowest BCUT2D eigenvalue weighted by molar-refractivity contribution is 1.61. The van der Waals surface area contributed by atoms with Gasteiger partial charge in [-0.15, -0.1) is 22.7 Å². The van der Waals surface area contributed by atoms with Crippen LogP contribution >= 0.6 is 22.7 Å². The molecule has 232 valence electrons. The van der Waals surface area contributed by atoms with Crippen LogP contribution in [0, 0.1) is 0 Å². The van der Waals surface area contributed by atoms with E-state index < -0.39 is 0 Å². The van der Waals surface area contributed by atoms with E-state index in [0.29, 0.717) is 0 Å². The Morgan fingerprint density at radius 1 is 0.300 bits per heavy atom. The number of hydrogen-bond donors (Lipinski definition) is 0. The Morgan fingerprint density at radius 2 is 0.860 bits per heavy atom. The normalized spacial score (nSPS) is 12.0. The maximum absolute atomic E-state index is 2.51. The van der Waals surface area contributed by atoms with Crippen LogP contribution in [0.1, 0.15) is 0 Å². The molecular formula is C48H28S2. The molecule has 0 atom stereocenters. The number of benzene rings is 9. The van der Waals surface area contributed by atoms with Gasteiger partial charge in [0.05, 0.1) is 0 Å². The van der Waals surface area contributed by atoms with Crippen LogP contribution in [-0.4, -0.2) is 0 Å². The second kappa shape index (κ2) is 10.9. The molecule has 0 bridgehead atoms. The van der Waals surface area contributed by atoms with Crippen LogP contribution in [0.4, 0.5) is 0 Å². The molecule has 2 aromatic heterocycles. The van der Waals surface area contributed by atoms with Crippen molar-refractivity contribution >= 4 is 95.3 Å². The molecule has 50 heavy (non-hydrogen) atoms. The maximum Gasteiger partial charge on any atom is 0.0449 e. The van der Waals surface area contributed by atoms with Gasteiger partial charge in [0, 0.05) is 45.9 Å². The van der Waals surface area contributed by atoms with Gasteiger partial charge in [0.2, 0.25) is 0 Å². The highest BCUT2D eigenvalue weighted by molar-refractivity contribution is 7.30. The minimum absolute atomic E-state index is 1.23. The molecule has 0 N–H and O–H groups in total. The van der Waals surface area contributed by atoms with Crippen LogP contribution in [0.2, 0.25) is 0 Å². The van der Waals surface area contributed by atoms with Crippen LogP contribution < -0.4 is 0 Å². The fraction of sp³-hybridized carbons (Fsp3) is 0. The highest BCUT2D eigenvalue weighted by Gasteiger charge is 2.23. The average molecular weight is 669 g/mol. The van der Waals surface area contributed by atoms with Gasteiger partial charge in [0.1, 0.15) is 0 Å². The first-order valence-electron chi connectivity index (χ1n) is 17.1. The summed E-state index contributed by atoms with van der Waals surface area (Å²) in [4.78, 5) is 0. The molecule has 0 aliphatic rings. The van der Waals surface area contributed by atoms with E-state index in [1.807, 2.05) is 22.7 Å². The van der Waals surface area contributed by atoms with Crippen molar-refractivity contribution in [2.24, 2.45) is 0 Å². The van der Waals surface area contributed by atoms with E-state index in [-0.39, 0.29) is 0 Å². The molecule has 11 aromatic rings. The van der Waals surface area contributed by atoms with Crippen molar-refractivity contribution in [1.82, 2.24) is 0 Å². The molecule has 2 heteroatoms. The third-order valence-corrected chi connectivity index (χ3v) is 12.9. The van der Waals surface area contributed by atoms with Crippen LogP contribution in [0.3, 0.4) is 0 Å². The standard InChI is InChI=1S/C48H28S2/c1-2-12-29(13-3-1)30-22-24-32(25-23-30)43-35-17-6-8-19-37(35)44(38-20-9-7-18-36(38)43)41-28-40-34-16-10-11-21-42(34)49-47(40)45-39-27-26-31-14-4-5-15-33(31)46(39)50-48(41)45/h1-28H. The summed E-state index contributed by atoms with van der Waals surface area (Å²) in [5, 5.41) is 13.2. The zero-order valence-corrected chi connectivity index (χ0v) is 28.6. The zero-order valence-electron chi connectivity index (χ0n) is 27.0. The number of thiophene rings is 2. The molecule has 0 amide bonds. The molecule has 0 radical (unpaired) electrons. The number of hydrogen-bond acceptors (Lipinski definition) is 2. The lowest BCUT2D eigenvalue weighted by Crippen LogP contribution is -1.91. The Kier molecular flexibility index (Phi) is 6.09. The first kappa shape index (κ1) is 28.1. The van der Waals surface area contributed by atoms with Crippen LogP contribution in [0.15, 0.2) is 170 Å².